The van der Waals surface area contributed by atoms with Gasteiger partial charge in [-0.15, -0.1) is 0 Å². The van der Waals surface area contributed by atoms with Crippen LogP contribution in [0.3, 0.4) is 0 Å². The number of benzene rings is 3. The fourth-order valence-corrected chi connectivity index (χ4v) is 5.77. The lowest BCUT2D eigenvalue weighted by Gasteiger charge is -2.28. The van der Waals surface area contributed by atoms with Crippen LogP contribution in [0.25, 0.3) is 5.69 Å². The van der Waals surface area contributed by atoms with Gasteiger partial charge in [0.1, 0.15) is 23.0 Å². The second-order valence-electron chi connectivity index (χ2n) is 11.0. The lowest BCUT2D eigenvalue weighted by Crippen LogP contribution is -2.41. The van der Waals surface area contributed by atoms with E-state index in [-0.39, 0.29) is 54.3 Å². The first-order chi connectivity index (χ1) is 22.0. The van der Waals surface area contributed by atoms with E-state index < -0.39 is 30.1 Å². The summed E-state index contributed by atoms with van der Waals surface area (Å²) in [5.41, 5.74) is 0.521. The van der Waals surface area contributed by atoms with Gasteiger partial charge in [-0.25, -0.2) is 9.18 Å². The number of nitrogens with one attached hydrogen (secondary N) is 1. The first-order valence-corrected chi connectivity index (χ1v) is 15.6. The molecule has 0 saturated heterocycles. The van der Waals surface area contributed by atoms with Crippen LogP contribution in [0.1, 0.15) is 57.9 Å². The van der Waals surface area contributed by atoms with Gasteiger partial charge >= 0.3 is 12.3 Å². The smallest absolute Gasteiger partial charge is 0.387 e. The van der Waals surface area contributed by atoms with Crippen LogP contribution in [-0.4, -0.2) is 45.1 Å². The van der Waals surface area contributed by atoms with Crippen LogP contribution < -0.4 is 20.5 Å². The molecule has 0 bridgehead atoms. The minimum Gasteiger partial charge on any atom is -0.490 e. The third kappa shape index (κ3) is 6.52. The Morgan fingerprint density at radius 3 is 2.39 bits per heavy atom. The van der Waals surface area contributed by atoms with E-state index in [1.54, 1.807) is 36.4 Å². The average Bonchev–Trinajstić information content (AvgIpc) is 3.79. The van der Waals surface area contributed by atoms with Crippen molar-refractivity contribution in [3.8, 4) is 17.2 Å². The molecule has 9 nitrogen and oxygen atoms in total. The second kappa shape index (κ2) is 12.9. The fraction of sp³-hybridized carbons (Fsp3) is 0.281. The molecule has 3 aromatic carbocycles. The molecule has 46 heavy (non-hydrogen) atoms. The maximum Gasteiger partial charge on any atom is 0.387 e. The molecule has 1 fully saturated rings. The molecule has 2 amide bonds. The van der Waals surface area contributed by atoms with Gasteiger partial charge in [0.15, 0.2) is 0 Å². The molecule has 1 aromatic heterocycles. The van der Waals surface area contributed by atoms with Crippen LogP contribution in [0, 0.1) is 5.82 Å². The zero-order chi connectivity index (χ0) is 32.7. The first-order valence-electron chi connectivity index (χ1n) is 14.4. The normalized spacial score (nSPS) is 15.0. The van der Waals surface area contributed by atoms with E-state index in [4.69, 9.17) is 16.3 Å². The van der Waals surface area contributed by atoms with Gasteiger partial charge in [-0.05, 0) is 84.2 Å². The van der Waals surface area contributed by atoms with E-state index in [1.807, 2.05) is 0 Å². The third-order valence-electron chi connectivity index (χ3n) is 7.78. The number of alkyl halides is 2. The molecular formula is C32H27BrClF3N4O5. The van der Waals surface area contributed by atoms with Crippen LogP contribution in [0.15, 0.2) is 69.9 Å². The molecule has 0 radical (unpaired) electrons. The molecule has 14 heteroatoms. The van der Waals surface area contributed by atoms with Crippen molar-refractivity contribution >= 4 is 39.3 Å². The van der Waals surface area contributed by atoms with Crippen LogP contribution in [0.2, 0.25) is 5.02 Å². The molecule has 2 aliphatic rings. The summed E-state index contributed by atoms with van der Waals surface area (Å²) in [6.45, 7) is -1.35. The molecule has 1 aliphatic heterocycles. The molecule has 4 aromatic rings. The van der Waals surface area contributed by atoms with Gasteiger partial charge in [0.2, 0.25) is 0 Å². The molecule has 2 heterocycles. The number of aromatic nitrogens is 2. The van der Waals surface area contributed by atoms with Gasteiger partial charge in [-0.2, -0.15) is 8.78 Å². The Morgan fingerprint density at radius 1 is 1.02 bits per heavy atom. The van der Waals surface area contributed by atoms with Crippen molar-refractivity contribution in [3.05, 3.63) is 109 Å². The third-order valence-corrected chi connectivity index (χ3v) is 9.01. The predicted molar refractivity (Wildman–Crippen MR) is 166 cm³/mol. The first kappa shape index (κ1) is 31.7. The van der Waals surface area contributed by atoms with Gasteiger partial charge in [-0.3, -0.25) is 18.7 Å². The number of hydrogen-bond donors (Lipinski definition) is 1. The summed E-state index contributed by atoms with van der Waals surface area (Å²) >= 11 is 9.54. The highest BCUT2D eigenvalue weighted by molar-refractivity contribution is 9.10. The van der Waals surface area contributed by atoms with E-state index in [0.717, 1.165) is 18.9 Å². The molecule has 1 saturated carbocycles. The number of carbonyl (C=O) groups is 2. The van der Waals surface area contributed by atoms with Crippen molar-refractivity contribution in [1.29, 1.82) is 0 Å². The molecule has 1 aliphatic carbocycles. The van der Waals surface area contributed by atoms with Crippen molar-refractivity contribution < 1.29 is 32.2 Å². The molecule has 1 N–H and O–H groups in total. The standard InChI is InChI=1S/C32H27BrClF3N4O5/c1-17(23-10-9-22(15-26(23)35)46-31(36)37)38-29(42)28-27-16-39(30(43)18-2-11-24(33)25(34)14-18)12-13-40(27)32(44)41(28)19-3-5-20(6-4-19)45-21-7-8-21/h2-6,9-11,14-15,17,21,31H,7-8,12-13,16H2,1H3,(H,38,42)/t17-/m0/s1. The summed E-state index contributed by atoms with van der Waals surface area (Å²) in [5.74, 6) is -1.64. The Hall–Kier alpha value is -4.23. The number of halogens is 5. The largest absolute Gasteiger partial charge is 0.490 e. The van der Waals surface area contributed by atoms with Crippen LogP contribution in [0.5, 0.6) is 11.5 Å². The minimum absolute atomic E-state index is 0.0161. The predicted octanol–water partition coefficient (Wildman–Crippen LogP) is 6.48. The number of amides is 2. The number of fused-ring (bicyclic) bond motifs is 1. The quantitative estimate of drug-likeness (QED) is 0.214. The average molecular weight is 720 g/mol. The van der Waals surface area contributed by atoms with Gasteiger partial charge in [0.05, 0.1) is 35.1 Å². The number of imidazole rings is 1. The van der Waals surface area contributed by atoms with E-state index in [2.05, 4.69) is 26.0 Å². The maximum absolute atomic E-state index is 14.9. The topological polar surface area (TPSA) is 94.8 Å². The maximum atomic E-state index is 14.9. The molecule has 6 rings (SSSR count). The minimum atomic E-state index is -3.12. The Morgan fingerprint density at radius 2 is 1.74 bits per heavy atom. The molecule has 0 spiro atoms. The lowest BCUT2D eigenvalue weighted by atomic mass is 10.1. The van der Waals surface area contributed by atoms with Crippen molar-refractivity contribution in [1.82, 2.24) is 19.4 Å². The summed E-state index contributed by atoms with van der Waals surface area (Å²) in [7, 11) is 0. The SMILES string of the molecule is C[C@H](NC(=O)c1c2n(c(=O)n1-c1ccc(OC3CC3)cc1)CCN(C(=O)c1ccc(Br)c(Cl)c1)C2)c1ccc(OC(F)F)cc1F. The second-order valence-corrected chi connectivity index (χ2v) is 12.3. The Labute approximate surface area is 274 Å². The number of ether oxygens (including phenoxy) is 2. The van der Waals surface area contributed by atoms with Gasteiger partial charge in [-0.1, -0.05) is 17.7 Å². The van der Waals surface area contributed by atoms with Crippen LogP contribution in [0.4, 0.5) is 13.2 Å². The molecule has 0 unspecified atom stereocenters. The number of carbonyl (C=O) groups excluding carboxylic acids is 2. The van der Waals surface area contributed by atoms with E-state index in [0.29, 0.717) is 26.5 Å². The molecule has 1 atom stereocenters. The Balaban J connectivity index is 1.35. The van der Waals surface area contributed by atoms with Gasteiger partial charge in [0.25, 0.3) is 11.8 Å². The van der Waals surface area contributed by atoms with Crippen molar-refractivity contribution in [2.75, 3.05) is 6.54 Å². The summed E-state index contributed by atoms with van der Waals surface area (Å²) in [4.78, 5) is 42.8. The van der Waals surface area contributed by atoms with Crippen molar-refractivity contribution in [2.45, 2.75) is 51.6 Å². The van der Waals surface area contributed by atoms with Crippen LogP contribution in [-0.2, 0) is 13.1 Å². The monoisotopic (exact) mass is 718 g/mol. The van der Waals surface area contributed by atoms with E-state index in [9.17, 15) is 27.6 Å². The fourth-order valence-electron chi connectivity index (χ4n) is 5.35. The summed E-state index contributed by atoms with van der Waals surface area (Å²) in [6, 6.07) is 13.9. The Bertz CT molecular complexity index is 1880. The lowest BCUT2D eigenvalue weighted by molar-refractivity contribution is -0.0500. The highest BCUT2D eigenvalue weighted by Gasteiger charge is 2.33. The van der Waals surface area contributed by atoms with Crippen molar-refractivity contribution in [3.63, 3.8) is 0 Å². The summed E-state index contributed by atoms with van der Waals surface area (Å²) in [5, 5.41) is 3.09. The zero-order valence-corrected chi connectivity index (χ0v) is 26.7. The molecule has 240 valence electrons. The van der Waals surface area contributed by atoms with Crippen LogP contribution >= 0.6 is 27.5 Å². The van der Waals surface area contributed by atoms with Crippen molar-refractivity contribution in [2.24, 2.45) is 0 Å². The summed E-state index contributed by atoms with van der Waals surface area (Å²) in [6.07, 6.45) is 2.11. The van der Waals surface area contributed by atoms with E-state index >= 15 is 0 Å². The number of nitrogens with zero attached hydrogens (tertiary/aromatic N) is 3. The molecular weight excluding hydrogens is 693 g/mol. The van der Waals surface area contributed by atoms with E-state index in [1.165, 1.54) is 39.2 Å². The van der Waals surface area contributed by atoms with Gasteiger partial charge in [0, 0.05) is 34.8 Å². The number of rotatable bonds is 9. The zero-order valence-electron chi connectivity index (χ0n) is 24.3. The highest BCUT2D eigenvalue weighted by Crippen LogP contribution is 2.30. The number of hydrogen-bond acceptors (Lipinski definition) is 5. The van der Waals surface area contributed by atoms with Gasteiger partial charge < -0.3 is 19.7 Å². The highest BCUT2D eigenvalue weighted by atomic mass is 79.9. The Kier molecular flexibility index (Phi) is 8.88. The summed E-state index contributed by atoms with van der Waals surface area (Å²) < 4.78 is 53.6.